The molecule has 0 aliphatic carbocycles. The molecule has 0 fully saturated rings. The minimum absolute atomic E-state index is 0.0810. The summed E-state index contributed by atoms with van der Waals surface area (Å²) in [6, 6.07) is 0. The van der Waals surface area contributed by atoms with Gasteiger partial charge in [0, 0.05) is 19.3 Å². The smallest absolute Gasteiger partial charge is 0.306 e. The zero-order valence-corrected chi connectivity index (χ0v) is 53.6. The summed E-state index contributed by atoms with van der Waals surface area (Å²) in [5.74, 6) is -0.886. The summed E-state index contributed by atoms with van der Waals surface area (Å²) >= 11 is 0. The van der Waals surface area contributed by atoms with Gasteiger partial charge in [0.2, 0.25) is 0 Å². The molecule has 0 bridgehead atoms. The molecule has 80 heavy (non-hydrogen) atoms. The lowest BCUT2D eigenvalue weighted by molar-refractivity contribution is -0.167. The summed E-state index contributed by atoms with van der Waals surface area (Å²) in [5, 5.41) is 0. The molecule has 0 N–H and O–H groups in total. The molecule has 0 heterocycles. The summed E-state index contributed by atoms with van der Waals surface area (Å²) < 4.78 is 17.0. The Kier molecular flexibility index (Phi) is 66.1. The Labute approximate surface area is 498 Å². The summed E-state index contributed by atoms with van der Waals surface area (Å²) in [6.45, 7) is 6.62. The molecular formula is C74H134O6. The van der Waals surface area contributed by atoms with Crippen LogP contribution in [0.2, 0.25) is 0 Å². The van der Waals surface area contributed by atoms with Crippen molar-refractivity contribution in [2.75, 3.05) is 13.2 Å². The standard InChI is InChI=1S/C74H134O6/c1-4-7-10-13-16-19-22-25-28-30-32-33-34-35-36-37-38-39-40-42-43-46-49-52-55-58-61-64-67-73(76)79-70-71(69-78-72(75)66-63-60-57-54-51-48-45-27-24-21-18-15-12-9-6-3)80-74(77)68-65-62-59-56-53-50-47-44-41-31-29-26-23-20-17-14-11-8-5-2/h17-18,20-21,26-27,29,41,44-45,71H,4-16,19,22-25,28,30-40,42-43,46-70H2,1-3H3/b20-17-,21-18-,29-26-,44-41-,45-27-. The van der Waals surface area contributed by atoms with Gasteiger partial charge in [-0.15, -0.1) is 0 Å². The maximum atomic E-state index is 12.9. The largest absolute Gasteiger partial charge is 0.462 e. The SMILES string of the molecule is CCCCC/C=C\C/C=C\C/C=C\CCCCCCCCC(=O)OC(COC(=O)CCCCCCC/C=C\C/C=C\CCCCC)COC(=O)CCCCCCCCCCCCCCCCCCCCCCCCCCCCCC. The van der Waals surface area contributed by atoms with Gasteiger partial charge in [-0.2, -0.15) is 0 Å². The highest BCUT2D eigenvalue weighted by atomic mass is 16.6. The fourth-order valence-corrected chi connectivity index (χ4v) is 10.4. The third-order valence-electron chi connectivity index (χ3n) is 15.7. The van der Waals surface area contributed by atoms with Gasteiger partial charge in [0.15, 0.2) is 6.10 Å². The molecule has 0 saturated heterocycles. The second-order valence-electron chi connectivity index (χ2n) is 23.8. The van der Waals surface area contributed by atoms with Crippen LogP contribution in [-0.4, -0.2) is 37.2 Å². The van der Waals surface area contributed by atoms with Crippen LogP contribution in [0.3, 0.4) is 0 Å². The zero-order chi connectivity index (χ0) is 57.8. The van der Waals surface area contributed by atoms with E-state index in [0.717, 1.165) is 103 Å². The van der Waals surface area contributed by atoms with Crippen molar-refractivity contribution in [3.05, 3.63) is 60.8 Å². The van der Waals surface area contributed by atoms with Gasteiger partial charge in [0.1, 0.15) is 13.2 Å². The van der Waals surface area contributed by atoms with Gasteiger partial charge in [0.05, 0.1) is 0 Å². The van der Waals surface area contributed by atoms with Crippen LogP contribution in [0.25, 0.3) is 0 Å². The van der Waals surface area contributed by atoms with E-state index in [1.54, 1.807) is 0 Å². The van der Waals surface area contributed by atoms with E-state index in [2.05, 4.69) is 81.5 Å². The average molecular weight is 1120 g/mol. The first-order chi connectivity index (χ1) is 39.5. The molecule has 0 aromatic carbocycles. The van der Waals surface area contributed by atoms with E-state index in [0.29, 0.717) is 19.3 Å². The summed E-state index contributed by atoms with van der Waals surface area (Å²) in [7, 11) is 0. The molecule has 1 atom stereocenters. The summed E-state index contributed by atoms with van der Waals surface area (Å²) in [4.78, 5) is 38.4. The van der Waals surface area contributed by atoms with Crippen LogP contribution in [-0.2, 0) is 28.6 Å². The molecule has 6 nitrogen and oxygen atoms in total. The molecule has 6 heteroatoms. The van der Waals surface area contributed by atoms with E-state index in [-0.39, 0.29) is 31.1 Å². The number of ether oxygens (including phenoxy) is 3. The lowest BCUT2D eigenvalue weighted by Gasteiger charge is -2.18. The Bertz CT molecular complexity index is 1430. The molecule has 0 radical (unpaired) electrons. The van der Waals surface area contributed by atoms with Crippen molar-refractivity contribution in [1.82, 2.24) is 0 Å². The van der Waals surface area contributed by atoms with Crippen LogP contribution in [0.4, 0.5) is 0 Å². The van der Waals surface area contributed by atoms with Crippen molar-refractivity contribution in [2.24, 2.45) is 0 Å². The summed E-state index contributed by atoms with van der Waals surface area (Å²) in [6.07, 6.45) is 88.2. The number of unbranched alkanes of at least 4 members (excludes halogenated alkanes) is 44. The van der Waals surface area contributed by atoms with Gasteiger partial charge >= 0.3 is 17.9 Å². The van der Waals surface area contributed by atoms with E-state index < -0.39 is 6.10 Å². The normalized spacial score (nSPS) is 12.4. The molecule has 0 rings (SSSR count). The predicted molar refractivity (Wildman–Crippen MR) is 348 cm³/mol. The number of hydrogen-bond donors (Lipinski definition) is 0. The monoisotopic (exact) mass is 1120 g/mol. The average Bonchev–Trinajstić information content (AvgIpc) is 3.46. The van der Waals surface area contributed by atoms with Crippen LogP contribution in [0.15, 0.2) is 60.8 Å². The maximum Gasteiger partial charge on any atom is 0.306 e. The molecule has 466 valence electrons. The van der Waals surface area contributed by atoms with Crippen LogP contribution in [0, 0.1) is 0 Å². The molecule has 0 amide bonds. The van der Waals surface area contributed by atoms with E-state index in [1.165, 1.54) is 231 Å². The van der Waals surface area contributed by atoms with E-state index in [4.69, 9.17) is 14.2 Å². The van der Waals surface area contributed by atoms with Gasteiger partial charge in [-0.05, 0) is 89.9 Å². The van der Waals surface area contributed by atoms with Crippen LogP contribution in [0.5, 0.6) is 0 Å². The fourth-order valence-electron chi connectivity index (χ4n) is 10.4. The van der Waals surface area contributed by atoms with Gasteiger partial charge < -0.3 is 14.2 Å². The van der Waals surface area contributed by atoms with Crippen LogP contribution in [0.1, 0.15) is 374 Å². The maximum absolute atomic E-state index is 12.9. The Hall–Kier alpha value is -2.89. The zero-order valence-electron chi connectivity index (χ0n) is 53.6. The van der Waals surface area contributed by atoms with Gasteiger partial charge in [0.25, 0.3) is 0 Å². The number of esters is 3. The summed E-state index contributed by atoms with van der Waals surface area (Å²) in [5.41, 5.74) is 0. The van der Waals surface area contributed by atoms with Gasteiger partial charge in [-0.1, -0.05) is 326 Å². The van der Waals surface area contributed by atoms with Crippen molar-refractivity contribution < 1.29 is 28.6 Å². The highest BCUT2D eigenvalue weighted by Crippen LogP contribution is 2.18. The Morgan fingerprint density at radius 3 is 0.725 bits per heavy atom. The van der Waals surface area contributed by atoms with Gasteiger partial charge in [-0.25, -0.2) is 0 Å². The van der Waals surface area contributed by atoms with E-state index >= 15 is 0 Å². The van der Waals surface area contributed by atoms with E-state index in [9.17, 15) is 14.4 Å². The van der Waals surface area contributed by atoms with E-state index in [1.807, 2.05) is 0 Å². The number of allylic oxidation sites excluding steroid dienone is 10. The fraction of sp³-hybridized carbons (Fsp3) is 0.824. The highest BCUT2D eigenvalue weighted by Gasteiger charge is 2.19. The first kappa shape index (κ1) is 77.1. The minimum atomic E-state index is -0.788. The first-order valence-electron chi connectivity index (χ1n) is 35.3. The molecule has 0 spiro atoms. The second kappa shape index (κ2) is 68.6. The van der Waals surface area contributed by atoms with Crippen molar-refractivity contribution in [3.63, 3.8) is 0 Å². The quantitative estimate of drug-likeness (QED) is 0.0261. The Morgan fingerprint density at radius 1 is 0.250 bits per heavy atom. The molecule has 0 aliphatic heterocycles. The molecule has 0 aromatic rings. The first-order valence-corrected chi connectivity index (χ1v) is 35.3. The third kappa shape index (κ3) is 65.9. The molecular weight excluding hydrogens is 985 g/mol. The number of rotatable bonds is 65. The number of carbonyl (C=O) groups excluding carboxylic acids is 3. The lowest BCUT2D eigenvalue weighted by Crippen LogP contribution is -2.30. The molecule has 1 unspecified atom stereocenters. The predicted octanol–water partition coefficient (Wildman–Crippen LogP) is 24.3. The molecule has 0 aromatic heterocycles. The van der Waals surface area contributed by atoms with Crippen molar-refractivity contribution in [3.8, 4) is 0 Å². The number of carbonyl (C=O) groups is 3. The third-order valence-corrected chi connectivity index (χ3v) is 15.7. The van der Waals surface area contributed by atoms with Crippen molar-refractivity contribution >= 4 is 17.9 Å². The van der Waals surface area contributed by atoms with Crippen molar-refractivity contribution in [2.45, 2.75) is 380 Å². The molecule has 0 aliphatic rings. The van der Waals surface area contributed by atoms with Crippen molar-refractivity contribution in [1.29, 1.82) is 0 Å². The lowest BCUT2D eigenvalue weighted by atomic mass is 10.0. The number of hydrogen-bond acceptors (Lipinski definition) is 6. The highest BCUT2D eigenvalue weighted by molar-refractivity contribution is 5.71. The van der Waals surface area contributed by atoms with Crippen LogP contribution < -0.4 is 0 Å². The Balaban J connectivity index is 4.26. The second-order valence-corrected chi connectivity index (χ2v) is 23.8. The molecule has 0 saturated carbocycles. The van der Waals surface area contributed by atoms with Gasteiger partial charge in [-0.3, -0.25) is 14.4 Å². The minimum Gasteiger partial charge on any atom is -0.462 e. The topological polar surface area (TPSA) is 78.9 Å². The Morgan fingerprint density at radius 2 is 0.450 bits per heavy atom. The van der Waals surface area contributed by atoms with Crippen LogP contribution >= 0.6 is 0 Å².